The molecule has 1 aliphatic rings. The zero-order valence-corrected chi connectivity index (χ0v) is 11.9. The summed E-state index contributed by atoms with van der Waals surface area (Å²) in [6.45, 7) is 2.37. The molecule has 0 N–H and O–H groups in total. The van der Waals surface area contributed by atoms with Gasteiger partial charge in [-0.05, 0) is 25.5 Å². The van der Waals surface area contributed by atoms with Crippen LogP contribution < -0.4 is 0 Å². The number of hydroxylamine groups is 1. The summed E-state index contributed by atoms with van der Waals surface area (Å²) in [6.07, 6.45) is 0.719. The first-order valence-electron chi connectivity index (χ1n) is 5.35. The van der Waals surface area contributed by atoms with Gasteiger partial charge in [0.1, 0.15) is 0 Å². The summed E-state index contributed by atoms with van der Waals surface area (Å²) in [5.74, 6) is 0. The maximum absolute atomic E-state index is 12.3. The van der Waals surface area contributed by atoms with Crippen molar-refractivity contribution >= 4 is 26.0 Å². The van der Waals surface area contributed by atoms with E-state index in [2.05, 4.69) is 15.9 Å². The molecule has 1 heterocycles. The van der Waals surface area contributed by atoms with E-state index in [9.17, 15) is 8.42 Å². The Labute approximate surface area is 110 Å². The Morgan fingerprint density at radius 1 is 1.41 bits per heavy atom. The lowest BCUT2D eigenvalue weighted by Gasteiger charge is -2.20. The average molecular weight is 320 g/mol. The van der Waals surface area contributed by atoms with E-state index in [4.69, 9.17) is 4.84 Å². The fraction of sp³-hybridized carbons (Fsp3) is 0.455. The van der Waals surface area contributed by atoms with Crippen molar-refractivity contribution in [2.75, 3.05) is 11.9 Å². The molecule has 0 aromatic heterocycles. The monoisotopic (exact) mass is 319 g/mol. The van der Waals surface area contributed by atoms with Crippen molar-refractivity contribution in [3.05, 3.63) is 29.8 Å². The first-order valence-corrected chi connectivity index (χ1v) is 7.92. The van der Waals surface area contributed by atoms with Crippen LogP contribution in [0.4, 0.5) is 0 Å². The van der Waals surface area contributed by atoms with E-state index in [1.807, 2.05) is 6.92 Å². The Kier molecular flexibility index (Phi) is 3.87. The maximum Gasteiger partial charge on any atom is 0.265 e. The van der Waals surface area contributed by atoms with Crippen LogP contribution in [0.25, 0.3) is 0 Å². The smallest absolute Gasteiger partial charge is 0.265 e. The average Bonchev–Trinajstić information content (AvgIpc) is 2.78. The molecule has 0 amide bonds. The number of hydrogen-bond acceptors (Lipinski definition) is 3. The van der Waals surface area contributed by atoms with Crippen molar-refractivity contribution in [2.24, 2.45) is 0 Å². The number of aryl methyl sites for hydroxylation is 1. The van der Waals surface area contributed by atoms with E-state index < -0.39 is 10.0 Å². The van der Waals surface area contributed by atoms with Crippen LogP contribution in [0.2, 0.25) is 0 Å². The second kappa shape index (κ2) is 5.06. The van der Waals surface area contributed by atoms with Gasteiger partial charge in [0.15, 0.2) is 0 Å². The predicted octanol–water partition coefficient (Wildman–Crippen LogP) is 2.08. The molecule has 1 unspecified atom stereocenters. The summed E-state index contributed by atoms with van der Waals surface area (Å²) in [5.41, 5.74) is 1.03. The molecule has 0 bridgehead atoms. The molecule has 4 nitrogen and oxygen atoms in total. The fourth-order valence-corrected chi connectivity index (χ4v) is 3.95. The predicted molar refractivity (Wildman–Crippen MR) is 68.4 cm³/mol. The molecule has 1 fully saturated rings. The Morgan fingerprint density at radius 3 is 2.65 bits per heavy atom. The molecule has 17 heavy (non-hydrogen) atoms. The van der Waals surface area contributed by atoms with Gasteiger partial charge in [0.2, 0.25) is 0 Å². The van der Waals surface area contributed by atoms with Gasteiger partial charge in [0.25, 0.3) is 10.0 Å². The highest BCUT2D eigenvalue weighted by Gasteiger charge is 2.36. The lowest BCUT2D eigenvalue weighted by Crippen LogP contribution is -2.35. The lowest BCUT2D eigenvalue weighted by atomic mass is 10.2. The van der Waals surface area contributed by atoms with Gasteiger partial charge in [-0.15, -0.1) is 0 Å². The first kappa shape index (κ1) is 13.0. The highest BCUT2D eigenvalue weighted by Crippen LogP contribution is 2.25. The largest absolute Gasteiger partial charge is 0.284 e. The Morgan fingerprint density at radius 2 is 2.06 bits per heavy atom. The summed E-state index contributed by atoms with van der Waals surface area (Å²) in [7, 11) is -3.54. The third-order valence-electron chi connectivity index (χ3n) is 2.70. The molecular weight excluding hydrogens is 306 g/mol. The summed E-state index contributed by atoms with van der Waals surface area (Å²) in [6, 6.07) is 6.66. The van der Waals surface area contributed by atoms with Crippen LogP contribution in [0.15, 0.2) is 29.2 Å². The highest BCUT2D eigenvalue weighted by molar-refractivity contribution is 9.09. The molecule has 1 aromatic carbocycles. The normalized spacial score (nSPS) is 21.9. The minimum atomic E-state index is -3.54. The Hall–Kier alpha value is -0.430. The number of alkyl halides is 1. The standard InChI is InChI=1S/C11H14BrNO3S/c1-9-2-4-11(5-3-9)17(14,15)13-10(8-12)6-7-16-13/h2-5,10H,6-8H2,1H3. The van der Waals surface area contributed by atoms with Crippen molar-refractivity contribution in [3.63, 3.8) is 0 Å². The van der Waals surface area contributed by atoms with E-state index >= 15 is 0 Å². The van der Waals surface area contributed by atoms with Crippen molar-refractivity contribution in [2.45, 2.75) is 24.3 Å². The summed E-state index contributed by atoms with van der Waals surface area (Å²) >= 11 is 3.31. The summed E-state index contributed by atoms with van der Waals surface area (Å²) < 4.78 is 25.7. The minimum absolute atomic E-state index is 0.124. The third kappa shape index (κ3) is 2.54. The van der Waals surface area contributed by atoms with Crippen molar-refractivity contribution in [1.29, 1.82) is 0 Å². The maximum atomic E-state index is 12.3. The van der Waals surface area contributed by atoms with Crippen molar-refractivity contribution in [3.8, 4) is 0 Å². The molecule has 6 heteroatoms. The van der Waals surface area contributed by atoms with Gasteiger partial charge in [-0.2, -0.15) is 0 Å². The van der Waals surface area contributed by atoms with Crippen LogP contribution >= 0.6 is 15.9 Å². The first-order chi connectivity index (χ1) is 8.05. The van der Waals surface area contributed by atoms with E-state index in [0.717, 1.165) is 16.5 Å². The number of hydrogen-bond donors (Lipinski definition) is 0. The van der Waals surface area contributed by atoms with Gasteiger partial charge in [-0.1, -0.05) is 38.1 Å². The van der Waals surface area contributed by atoms with Crippen LogP contribution in [0.5, 0.6) is 0 Å². The minimum Gasteiger partial charge on any atom is -0.284 e. The molecule has 1 aromatic rings. The number of nitrogens with zero attached hydrogens (tertiary/aromatic N) is 1. The number of halogens is 1. The molecule has 94 valence electrons. The van der Waals surface area contributed by atoms with Crippen LogP contribution in [0, 0.1) is 6.92 Å². The molecule has 1 aliphatic heterocycles. The molecule has 0 radical (unpaired) electrons. The Bertz CT molecular complexity index is 486. The van der Waals surface area contributed by atoms with Crippen molar-refractivity contribution in [1.82, 2.24) is 4.47 Å². The van der Waals surface area contributed by atoms with Gasteiger partial charge < -0.3 is 0 Å². The zero-order valence-electron chi connectivity index (χ0n) is 9.47. The second-order valence-corrected chi connectivity index (χ2v) is 6.43. The van der Waals surface area contributed by atoms with Crippen LogP contribution in [0.1, 0.15) is 12.0 Å². The van der Waals surface area contributed by atoms with Crippen molar-refractivity contribution < 1.29 is 13.3 Å². The van der Waals surface area contributed by atoms with Gasteiger partial charge in [0, 0.05) is 5.33 Å². The highest BCUT2D eigenvalue weighted by atomic mass is 79.9. The Balaban J connectivity index is 2.33. The number of rotatable bonds is 3. The lowest BCUT2D eigenvalue weighted by molar-refractivity contribution is -0.0448. The van der Waals surface area contributed by atoms with E-state index in [1.165, 1.54) is 0 Å². The van der Waals surface area contributed by atoms with Gasteiger partial charge >= 0.3 is 0 Å². The quantitative estimate of drug-likeness (QED) is 0.801. The zero-order chi connectivity index (χ0) is 12.5. The molecular formula is C11H14BrNO3S. The molecule has 1 saturated heterocycles. The molecule has 0 aliphatic carbocycles. The molecule has 1 atom stereocenters. The summed E-state index contributed by atoms with van der Waals surface area (Å²) in [5, 5.41) is 0.581. The van der Waals surface area contributed by atoms with Gasteiger partial charge in [-0.25, -0.2) is 8.42 Å². The fourth-order valence-electron chi connectivity index (χ4n) is 1.70. The second-order valence-electron chi connectivity index (χ2n) is 4.00. The van der Waals surface area contributed by atoms with E-state index in [-0.39, 0.29) is 10.9 Å². The van der Waals surface area contributed by atoms with E-state index in [1.54, 1.807) is 24.3 Å². The van der Waals surface area contributed by atoms with E-state index in [0.29, 0.717) is 11.9 Å². The molecule has 0 saturated carbocycles. The van der Waals surface area contributed by atoms with Crippen LogP contribution in [-0.2, 0) is 14.9 Å². The molecule has 2 rings (SSSR count). The third-order valence-corrected chi connectivity index (χ3v) is 5.19. The number of sulfonamides is 1. The van der Waals surface area contributed by atoms with Gasteiger partial charge in [-0.3, -0.25) is 4.84 Å². The topological polar surface area (TPSA) is 46.6 Å². The van der Waals surface area contributed by atoms with Gasteiger partial charge in [0.05, 0.1) is 17.5 Å². The van der Waals surface area contributed by atoms with Crippen LogP contribution in [0.3, 0.4) is 0 Å². The number of benzene rings is 1. The molecule has 0 spiro atoms. The SMILES string of the molecule is Cc1ccc(S(=O)(=O)N2OCCC2CBr)cc1. The summed E-state index contributed by atoms with van der Waals surface area (Å²) in [4.78, 5) is 5.50. The van der Waals surface area contributed by atoms with Crippen LogP contribution in [-0.4, -0.2) is 30.9 Å².